The molecule has 1 aromatic carbocycles. The number of pyridine rings is 1. The number of hydrogen-bond acceptors (Lipinski definition) is 2. The number of carbonyl (C=O) groups excluding carboxylic acids is 1. The van der Waals surface area contributed by atoms with Crippen LogP contribution in [0.15, 0.2) is 36.5 Å². The van der Waals surface area contributed by atoms with Gasteiger partial charge in [-0.1, -0.05) is 29.3 Å². The van der Waals surface area contributed by atoms with Crippen LogP contribution in [0.25, 0.3) is 0 Å². The number of urea groups is 1. The van der Waals surface area contributed by atoms with Crippen molar-refractivity contribution in [3.63, 3.8) is 0 Å². The first-order valence-corrected chi connectivity index (χ1v) is 6.72. The highest BCUT2D eigenvalue weighted by molar-refractivity contribution is 6.36. The average molecular weight is 310 g/mol. The van der Waals surface area contributed by atoms with Crippen molar-refractivity contribution in [2.24, 2.45) is 0 Å². The predicted molar refractivity (Wildman–Crippen MR) is 81.3 cm³/mol. The Bertz CT molecular complexity index is 594. The second-order valence-electron chi connectivity index (χ2n) is 4.19. The van der Waals surface area contributed by atoms with Crippen LogP contribution < -0.4 is 10.6 Å². The lowest BCUT2D eigenvalue weighted by atomic mass is 10.2. The summed E-state index contributed by atoms with van der Waals surface area (Å²) in [5.41, 5.74) is 2.11. The van der Waals surface area contributed by atoms with E-state index >= 15 is 0 Å². The fourth-order valence-corrected chi connectivity index (χ4v) is 2.05. The van der Waals surface area contributed by atoms with Crippen LogP contribution in [0, 0.1) is 6.92 Å². The molecule has 2 rings (SSSR count). The number of aromatic nitrogens is 1. The fourth-order valence-electron chi connectivity index (χ4n) is 1.57. The van der Waals surface area contributed by atoms with Crippen LogP contribution in [0.1, 0.15) is 11.3 Å². The molecule has 0 bridgehead atoms. The van der Waals surface area contributed by atoms with E-state index < -0.39 is 0 Å². The van der Waals surface area contributed by atoms with E-state index in [-0.39, 0.29) is 6.03 Å². The molecule has 4 nitrogen and oxygen atoms in total. The summed E-state index contributed by atoms with van der Waals surface area (Å²) in [4.78, 5) is 15.9. The number of rotatable bonds is 3. The minimum absolute atomic E-state index is 0.341. The molecule has 0 aliphatic heterocycles. The van der Waals surface area contributed by atoms with Crippen LogP contribution in [0.2, 0.25) is 10.0 Å². The van der Waals surface area contributed by atoms with E-state index in [0.29, 0.717) is 22.3 Å². The zero-order chi connectivity index (χ0) is 14.5. The van der Waals surface area contributed by atoms with Crippen molar-refractivity contribution in [3.05, 3.63) is 57.8 Å². The highest BCUT2D eigenvalue weighted by atomic mass is 35.5. The number of nitrogens with one attached hydrogen (secondary N) is 2. The maximum atomic E-state index is 11.8. The topological polar surface area (TPSA) is 54.0 Å². The average Bonchev–Trinajstić information content (AvgIpc) is 2.43. The Kier molecular flexibility index (Phi) is 4.82. The molecule has 1 aromatic heterocycles. The molecule has 0 unspecified atom stereocenters. The Balaban J connectivity index is 1.95. The van der Waals surface area contributed by atoms with Crippen molar-refractivity contribution in [2.75, 3.05) is 5.32 Å². The molecule has 0 saturated heterocycles. The van der Waals surface area contributed by atoms with Crippen LogP contribution in [-0.2, 0) is 6.54 Å². The van der Waals surface area contributed by atoms with Crippen molar-refractivity contribution in [1.82, 2.24) is 10.3 Å². The molecule has 0 atom stereocenters. The predicted octanol–water partition coefficient (Wildman–Crippen LogP) is 4.02. The lowest BCUT2D eigenvalue weighted by Gasteiger charge is -2.09. The monoisotopic (exact) mass is 309 g/mol. The Morgan fingerprint density at radius 3 is 2.55 bits per heavy atom. The Morgan fingerprint density at radius 2 is 1.95 bits per heavy atom. The molecular formula is C14H13Cl2N3O. The van der Waals surface area contributed by atoms with Gasteiger partial charge < -0.3 is 10.6 Å². The summed E-state index contributed by atoms with van der Waals surface area (Å²) in [6.07, 6.45) is 1.68. The van der Waals surface area contributed by atoms with Gasteiger partial charge in [-0.2, -0.15) is 0 Å². The van der Waals surface area contributed by atoms with Gasteiger partial charge in [0.05, 0.1) is 12.2 Å². The number of halogens is 2. The Morgan fingerprint density at radius 1 is 1.25 bits per heavy atom. The first-order valence-electron chi connectivity index (χ1n) is 5.96. The summed E-state index contributed by atoms with van der Waals surface area (Å²) in [5, 5.41) is 6.40. The summed E-state index contributed by atoms with van der Waals surface area (Å²) in [7, 11) is 0. The lowest BCUT2D eigenvalue weighted by Crippen LogP contribution is -2.28. The Hall–Kier alpha value is -1.78. The quantitative estimate of drug-likeness (QED) is 0.899. The van der Waals surface area contributed by atoms with Crippen LogP contribution in [-0.4, -0.2) is 11.0 Å². The highest BCUT2D eigenvalue weighted by Crippen LogP contribution is 2.27. The molecule has 0 saturated carbocycles. The number of anilines is 1. The third kappa shape index (κ3) is 3.85. The maximum absolute atomic E-state index is 11.8. The lowest BCUT2D eigenvalue weighted by molar-refractivity contribution is 0.251. The molecule has 6 heteroatoms. The molecule has 2 aromatic rings. The minimum atomic E-state index is -0.341. The van der Waals surface area contributed by atoms with E-state index in [1.165, 1.54) is 0 Å². The van der Waals surface area contributed by atoms with Gasteiger partial charge in [-0.25, -0.2) is 4.79 Å². The summed E-state index contributed by atoms with van der Waals surface area (Å²) < 4.78 is 0. The summed E-state index contributed by atoms with van der Waals surface area (Å²) in [5.74, 6) is 0. The van der Waals surface area contributed by atoms with Crippen LogP contribution in [0.3, 0.4) is 0 Å². The van der Waals surface area contributed by atoms with E-state index in [2.05, 4.69) is 15.6 Å². The SMILES string of the molecule is Cc1c(Cl)cc(NC(=O)NCc2ccccn2)cc1Cl. The number of hydrogen-bond donors (Lipinski definition) is 2. The minimum Gasteiger partial charge on any atom is -0.332 e. The molecule has 0 radical (unpaired) electrons. The van der Waals surface area contributed by atoms with E-state index in [9.17, 15) is 4.79 Å². The third-order valence-corrected chi connectivity index (χ3v) is 3.48. The van der Waals surface area contributed by atoms with Crippen LogP contribution in [0.5, 0.6) is 0 Å². The summed E-state index contributed by atoms with van der Waals surface area (Å²) in [6.45, 7) is 2.16. The van der Waals surface area contributed by atoms with E-state index in [1.807, 2.05) is 25.1 Å². The zero-order valence-corrected chi connectivity index (χ0v) is 12.3. The largest absolute Gasteiger partial charge is 0.332 e. The van der Waals surface area contributed by atoms with E-state index in [4.69, 9.17) is 23.2 Å². The van der Waals surface area contributed by atoms with E-state index in [1.54, 1.807) is 18.3 Å². The van der Waals surface area contributed by atoms with E-state index in [0.717, 1.165) is 11.3 Å². The second kappa shape index (κ2) is 6.59. The Labute approximate surface area is 127 Å². The second-order valence-corrected chi connectivity index (χ2v) is 5.01. The zero-order valence-electron chi connectivity index (χ0n) is 10.8. The first kappa shape index (κ1) is 14.6. The molecule has 0 spiro atoms. The summed E-state index contributed by atoms with van der Waals surface area (Å²) >= 11 is 12.0. The first-order chi connectivity index (χ1) is 9.56. The molecule has 104 valence electrons. The van der Waals surface area contributed by atoms with Crippen molar-refractivity contribution < 1.29 is 4.79 Å². The van der Waals surface area contributed by atoms with Gasteiger partial charge in [-0.05, 0) is 36.8 Å². The smallest absolute Gasteiger partial charge is 0.319 e. The van der Waals surface area contributed by atoms with Crippen molar-refractivity contribution in [2.45, 2.75) is 13.5 Å². The van der Waals surface area contributed by atoms with Crippen LogP contribution >= 0.6 is 23.2 Å². The third-order valence-electron chi connectivity index (χ3n) is 2.70. The van der Waals surface area contributed by atoms with Gasteiger partial charge in [-0.15, -0.1) is 0 Å². The van der Waals surface area contributed by atoms with Gasteiger partial charge in [0.2, 0.25) is 0 Å². The molecule has 20 heavy (non-hydrogen) atoms. The molecule has 0 fully saturated rings. The molecule has 1 heterocycles. The maximum Gasteiger partial charge on any atom is 0.319 e. The molecule has 0 aliphatic rings. The van der Waals surface area contributed by atoms with Crippen molar-refractivity contribution in [1.29, 1.82) is 0 Å². The molecular weight excluding hydrogens is 297 g/mol. The van der Waals surface area contributed by atoms with Gasteiger partial charge in [0, 0.05) is 21.9 Å². The van der Waals surface area contributed by atoms with Gasteiger partial charge in [0.15, 0.2) is 0 Å². The molecule has 2 amide bonds. The molecule has 2 N–H and O–H groups in total. The molecule has 0 aliphatic carbocycles. The number of benzene rings is 1. The van der Waals surface area contributed by atoms with Crippen molar-refractivity contribution >= 4 is 34.9 Å². The van der Waals surface area contributed by atoms with Gasteiger partial charge in [-0.3, -0.25) is 4.98 Å². The van der Waals surface area contributed by atoms with Gasteiger partial charge >= 0.3 is 6.03 Å². The van der Waals surface area contributed by atoms with Crippen LogP contribution in [0.4, 0.5) is 10.5 Å². The van der Waals surface area contributed by atoms with Gasteiger partial charge in [0.25, 0.3) is 0 Å². The number of nitrogens with zero attached hydrogens (tertiary/aromatic N) is 1. The number of amides is 2. The van der Waals surface area contributed by atoms with Gasteiger partial charge in [0.1, 0.15) is 0 Å². The fraction of sp³-hybridized carbons (Fsp3) is 0.143. The van der Waals surface area contributed by atoms with Crippen molar-refractivity contribution in [3.8, 4) is 0 Å². The highest BCUT2D eigenvalue weighted by Gasteiger charge is 2.07. The normalized spacial score (nSPS) is 10.2. The number of carbonyl (C=O) groups is 1. The standard InChI is InChI=1S/C14H13Cl2N3O/c1-9-12(15)6-11(7-13(9)16)19-14(20)18-8-10-4-2-3-5-17-10/h2-7H,8H2,1H3,(H2,18,19,20). The summed E-state index contributed by atoms with van der Waals surface area (Å²) in [6, 6.07) is 8.49.